The maximum Gasteiger partial charge on any atom is 0.240 e. The first-order chi connectivity index (χ1) is 12.5. The van der Waals surface area contributed by atoms with Crippen molar-refractivity contribution in [2.24, 2.45) is 0 Å². The van der Waals surface area contributed by atoms with Crippen molar-refractivity contribution in [2.75, 3.05) is 11.9 Å². The zero-order valence-corrected chi connectivity index (χ0v) is 15.5. The maximum absolute atomic E-state index is 12.5. The molecule has 0 amide bonds. The van der Waals surface area contributed by atoms with E-state index >= 15 is 0 Å². The van der Waals surface area contributed by atoms with E-state index in [0.717, 1.165) is 11.3 Å². The van der Waals surface area contributed by atoms with Crippen LogP contribution in [-0.4, -0.2) is 15.0 Å². The fourth-order valence-corrected chi connectivity index (χ4v) is 3.76. The molecule has 3 aromatic rings. The molecule has 1 atom stereocenters. The standard InChI is InChI=1S/C20H19ClN2O2S/c21-17-11-13-18(14-12-17)23-20(16-7-3-1-4-8-16)15-22-26(24,25)19-9-5-2-6-10-19/h1-14,20,22-23H,15H2/t20-/m0/s1. The predicted octanol–water partition coefficient (Wildman–Crippen LogP) is 4.47. The number of sulfonamides is 1. The van der Waals surface area contributed by atoms with Crippen LogP contribution in [0.2, 0.25) is 5.02 Å². The summed E-state index contributed by atoms with van der Waals surface area (Å²) >= 11 is 5.93. The van der Waals surface area contributed by atoms with Crippen molar-refractivity contribution in [1.29, 1.82) is 0 Å². The normalized spacial score (nSPS) is 12.5. The van der Waals surface area contributed by atoms with E-state index in [9.17, 15) is 8.42 Å². The smallest absolute Gasteiger partial charge is 0.240 e. The molecule has 3 rings (SSSR count). The lowest BCUT2D eigenvalue weighted by molar-refractivity contribution is 0.576. The van der Waals surface area contributed by atoms with E-state index in [-0.39, 0.29) is 17.5 Å². The molecule has 3 aromatic carbocycles. The molecule has 0 aromatic heterocycles. The van der Waals surface area contributed by atoms with Gasteiger partial charge in [-0.05, 0) is 42.0 Å². The molecule has 0 bridgehead atoms. The molecular weight excluding hydrogens is 368 g/mol. The largest absolute Gasteiger partial charge is 0.377 e. The molecule has 6 heteroatoms. The Morgan fingerprint density at radius 3 is 2.00 bits per heavy atom. The number of anilines is 1. The van der Waals surface area contributed by atoms with Crippen LogP contribution in [0.15, 0.2) is 89.8 Å². The van der Waals surface area contributed by atoms with E-state index in [1.807, 2.05) is 42.5 Å². The van der Waals surface area contributed by atoms with Crippen LogP contribution in [0.4, 0.5) is 5.69 Å². The Bertz CT molecular complexity index is 931. The number of nitrogens with one attached hydrogen (secondary N) is 2. The summed E-state index contributed by atoms with van der Waals surface area (Å²) in [6.07, 6.45) is 0. The van der Waals surface area contributed by atoms with E-state index in [0.29, 0.717) is 5.02 Å². The second-order valence-electron chi connectivity index (χ2n) is 5.78. The first kappa shape index (κ1) is 18.5. The summed E-state index contributed by atoms with van der Waals surface area (Å²) in [6, 6.07) is 25.1. The summed E-state index contributed by atoms with van der Waals surface area (Å²) in [5.41, 5.74) is 1.85. The molecule has 0 heterocycles. The Morgan fingerprint density at radius 2 is 1.38 bits per heavy atom. The van der Waals surface area contributed by atoms with Gasteiger partial charge in [0, 0.05) is 17.3 Å². The van der Waals surface area contributed by atoms with Gasteiger partial charge in [-0.2, -0.15) is 0 Å². The third kappa shape index (κ3) is 4.85. The minimum atomic E-state index is -3.57. The average Bonchev–Trinajstić information content (AvgIpc) is 2.68. The van der Waals surface area contributed by atoms with Crippen molar-refractivity contribution < 1.29 is 8.42 Å². The van der Waals surface area contributed by atoms with Gasteiger partial charge in [-0.3, -0.25) is 0 Å². The molecule has 0 aliphatic heterocycles. The Morgan fingerprint density at radius 1 is 0.808 bits per heavy atom. The SMILES string of the molecule is O=S(=O)(NC[C@H](Nc1ccc(Cl)cc1)c1ccccc1)c1ccccc1. The van der Waals surface area contributed by atoms with Crippen LogP contribution in [-0.2, 0) is 10.0 Å². The number of benzene rings is 3. The van der Waals surface area contributed by atoms with Gasteiger partial charge in [0.15, 0.2) is 0 Å². The highest BCUT2D eigenvalue weighted by molar-refractivity contribution is 7.89. The Balaban J connectivity index is 1.79. The summed E-state index contributed by atoms with van der Waals surface area (Å²) in [7, 11) is -3.57. The molecule has 2 N–H and O–H groups in total. The van der Waals surface area contributed by atoms with Crippen LogP contribution in [0.25, 0.3) is 0 Å². The summed E-state index contributed by atoms with van der Waals surface area (Å²) in [5, 5.41) is 4.01. The molecule has 0 unspecified atom stereocenters. The first-order valence-corrected chi connectivity index (χ1v) is 10.0. The Hall–Kier alpha value is -2.34. The zero-order valence-electron chi connectivity index (χ0n) is 14.0. The lowest BCUT2D eigenvalue weighted by atomic mass is 10.1. The van der Waals surface area contributed by atoms with Gasteiger partial charge < -0.3 is 5.32 Å². The number of halogens is 1. The van der Waals surface area contributed by atoms with Crippen LogP contribution in [0.1, 0.15) is 11.6 Å². The monoisotopic (exact) mass is 386 g/mol. The highest BCUT2D eigenvalue weighted by Gasteiger charge is 2.18. The highest BCUT2D eigenvalue weighted by atomic mass is 35.5. The fourth-order valence-electron chi connectivity index (χ4n) is 2.56. The van der Waals surface area contributed by atoms with Crippen molar-refractivity contribution in [3.8, 4) is 0 Å². The second-order valence-corrected chi connectivity index (χ2v) is 7.98. The minimum absolute atomic E-state index is 0.212. The quantitative estimate of drug-likeness (QED) is 0.629. The summed E-state index contributed by atoms with van der Waals surface area (Å²) in [4.78, 5) is 0.248. The summed E-state index contributed by atoms with van der Waals surface area (Å²) < 4.78 is 27.7. The van der Waals surface area contributed by atoms with Crippen LogP contribution in [0.3, 0.4) is 0 Å². The van der Waals surface area contributed by atoms with Gasteiger partial charge in [0.1, 0.15) is 0 Å². The van der Waals surface area contributed by atoms with E-state index < -0.39 is 10.0 Å². The lowest BCUT2D eigenvalue weighted by Gasteiger charge is -2.21. The van der Waals surface area contributed by atoms with Gasteiger partial charge in [0.25, 0.3) is 0 Å². The molecule has 26 heavy (non-hydrogen) atoms. The zero-order chi connectivity index (χ0) is 18.4. The molecule has 4 nitrogen and oxygen atoms in total. The molecule has 0 saturated carbocycles. The molecule has 0 aliphatic carbocycles. The fraction of sp³-hybridized carbons (Fsp3) is 0.100. The molecule has 0 saturated heterocycles. The van der Waals surface area contributed by atoms with Crippen LogP contribution in [0.5, 0.6) is 0 Å². The predicted molar refractivity (Wildman–Crippen MR) is 106 cm³/mol. The van der Waals surface area contributed by atoms with Crippen LogP contribution < -0.4 is 10.0 Å². The number of hydrogen-bond acceptors (Lipinski definition) is 3. The van der Waals surface area contributed by atoms with Gasteiger partial charge in [-0.15, -0.1) is 0 Å². The minimum Gasteiger partial charge on any atom is -0.377 e. The molecular formula is C20H19ClN2O2S. The molecule has 0 aliphatic rings. The van der Waals surface area contributed by atoms with Gasteiger partial charge in [0.05, 0.1) is 10.9 Å². The van der Waals surface area contributed by atoms with Crippen molar-refractivity contribution in [3.63, 3.8) is 0 Å². The van der Waals surface area contributed by atoms with Crippen molar-refractivity contribution in [2.45, 2.75) is 10.9 Å². The van der Waals surface area contributed by atoms with Crippen molar-refractivity contribution in [3.05, 3.63) is 95.5 Å². The summed E-state index contributed by atoms with van der Waals surface area (Å²) in [6.45, 7) is 0.212. The first-order valence-electron chi connectivity index (χ1n) is 8.16. The molecule has 0 radical (unpaired) electrons. The van der Waals surface area contributed by atoms with Gasteiger partial charge in [-0.1, -0.05) is 60.1 Å². The Kier molecular flexibility index (Phi) is 5.93. The van der Waals surface area contributed by atoms with Crippen molar-refractivity contribution in [1.82, 2.24) is 4.72 Å². The highest BCUT2D eigenvalue weighted by Crippen LogP contribution is 2.21. The van der Waals surface area contributed by atoms with E-state index in [4.69, 9.17) is 11.6 Å². The Labute approximate surface area is 158 Å². The second kappa shape index (κ2) is 8.36. The van der Waals surface area contributed by atoms with Gasteiger partial charge in [0.2, 0.25) is 10.0 Å². The van der Waals surface area contributed by atoms with E-state index in [1.165, 1.54) is 0 Å². The van der Waals surface area contributed by atoms with Crippen LogP contribution in [0, 0.1) is 0 Å². The topological polar surface area (TPSA) is 58.2 Å². The number of rotatable bonds is 7. The van der Waals surface area contributed by atoms with Crippen LogP contribution >= 0.6 is 11.6 Å². The van der Waals surface area contributed by atoms with Gasteiger partial charge >= 0.3 is 0 Å². The molecule has 0 fully saturated rings. The third-order valence-corrected chi connectivity index (χ3v) is 5.61. The van der Waals surface area contributed by atoms with E-state index in [2.05, 4.69) is 10.0 Å². The molecule has 0 spiro atoms. The lowest BCUT2D eigenvalue weighted by Crippen LogP contribution is -2.31. The molecule has 134 valence electrons. The average molecular weight is 387 g/mol. The van der Waals surface area contributed by atoms with E-state index in [1.54, 1.807) is 42.5 Å². The summed E-state index contributed by atoms with van der Waals surface area (Å²) in [5.74, 6) is 0. The van der Waals surface area contributed by atoms with Gasteiger partial charge in [-0.25, -0.2) is 13.1 Å². The third-order valence-electron chi connectivity index (χ3n) is 3.92. The van der Waals surface area contributed by atoms with Crippen molar-refractivity contribution >= 4 is 27.3 Å². The maximum atomic E-state index is 12.5. The number of hydrogen-bond donors (Lipinski definition) is 2.